The van der Waals surface area contributed by atoms with Gasteiger partial charge in [0.15, 0.2) is 5.12 Å². The van der Waals surface area contributed by atoms with Gasteiger partial charge < -0.3 is 0 Å². The van der Waals surface area contributed by atoms with Gasteiger partial charge in [-0.05, 0) is 18.1 Å². The molecule has 2 nitrogen and oxygen atoms in total. The third-order valence-electron chi connectivity index (χ3n) is 1.35. The van der Waals surface area contributed by atoms with E-state index < -0.39 is 0 Å². The lowest BCUT2D eigenvalue weighted by Crippen LogP contribution is -1.91. The molecule has 3 heteroatoms. The zero-order valence-electron chi connectivity index (χ0n) is 6.03. The number of hydrogen-bond acceptors (Lipinski definition) is 2. The molecule has 0 aliphatic carbocycles. The van der Waals surface area contributed by atoms with Crippen molar-refractivity contribution in [3.63, 3.8) is 0 Å². The summed E-state index contributed by atoms with van der Waals surface area (Å²) in [5.74, 6) is 0. The van der Waals surface area contributed by atoms with Gasteiger partial charge in [0.25, 0.3) is 0 Å². The smallest absolute Gasteiger partial charge is 0.186 e. The number of carbonyl (C=O) groups is 1. The zero-order chi connectivity index (χ0) is 8.10. The standard InChI is InChI=1S/C8H9NOS/c10-8(11)4-3-7-2-1-5-9-6-7/h1-2,5-6H,3-4H2,(H,10,11). The largest absolute Gasteiger partial charge is 0.287 e. The van der Waals surface area contributed by atoms with E-state index in [1.165, 1.54) is 0 Å². The summed E-state index contributed by atoms with van der Waals surface area (Å²) in [5, 5.41) is -0.0751. The van der Waals surface area contributed by atoms with Crippen molar-refractivity contribution in [1.82, 2.24) is 4.98 Å². The maximum absolute atomic E-state index is 10.5. The first-order valence-corrected chi connectivity index (χ1v) is 3.84. The highest BCUT2D eigenvalue weighted by atomic mass is 32.1. The van der Waals surface area contributed by atoms with Crippen LogP contribution in [-0.4, -0.2) is 10.1 Å². The Balaban J connectivity index is 2.45. The fourth-order valence-corrected chi connectivity index (χ4v) is 0.909. The number of rotatable bonds is 3. The van der Waals surface area contributed by atoms with Gasteiger partial charge in [-0.2, -0.15) is 0 Å². The van der Waals surface area contributed by atoms with Gasteiger partial charge in [0.2, 0.25) is 0 Å². The lowest BCUT2D eigenvalue weighted by molar-refractivity contribution is -0.110. The van der Waals surface area contributed by atoms with E-state index in [0.717, 1.165) is 12.0 Å². The van der Waals surface area contributed by atoms with Crippen LogP contribution < -0.4 is 0 Å². The average molecular weight is 167 g/mol. The molecule has 1 heterocycles. The summed E-state index contributed by atoms with van der Waals surface area (Å²) in [6.07, 6.45) is 4.69. The van der Waals surface area contributed by atoms with E-state index in [-0.39, 0.29) is 5.12 Å². The van der Waals surface area contributed by atoms with E-state index in [0.29, 0.717) is 6.42 Å². The van der Waals surface area contributed by atoms with Crippen LogP contribution in [0.2, 0.25) is 0 Å². The van der Waals surface area contributed by atoms with Crippen molar-refractivity contribution in [3.05, 3.63) is 30.1 Å². The number of aryl methyl sites for hydroxylation is 1. The number of carbonyl (C=O) groups excluding carboxylic acids is 1. The van der Waals surface area contributed by atoms with E-state index in [1.807, 2.05) is 12.1 Å². The minimum absolute atomic E-state index is 0.0751. The Bertz CT molecular complexity index is 235. The summed E-state index contributed by atoms with van der Waals surface area (Å²) >= 11 is 3.67. The highest BCUT2D eigenvalue weighted by molar-refractivity contribution is 7.96. The Morgan fingerprint density at radius 2 is 2.45 bits per heavy atom. The third kappa shape index (κ3) is 3.18. The van der Waals surface area contributed by atoms with Gasteiger partial charge in [-0.15, -0.1) is 12.6 Å². The number of thiol groups is 1. The average Bonchev–Trinajstić information content (AvgIpc) is 2.03. The van der Waals surface area contributed by atoms with Crippen LogP contribution in [0.3, 0.4) is 0 Å². The molecule has 0 aromatic carbocycles. The van der Waals surface area contributed by atoms with Gasteiger partial charge in [0, 0.05) is 18.8 Å². The predicted octanol–water partition coefficient (Wildman–Crippen LogP) is 1.47. The lowest BCUT2D eigenvalue weighted by Gasteiger charge is -1.95. The second kappa shape index (κ2) is 4.13. The van der Waals surface area contributed by atoms with E-state index in [1.54, 1.807) is 12.4 Å². The van der Waals surface area contributed by atoms with Gasteiger partial charge in [-0.3, -0.25) is 9.78 Å². The van der Waals surface area contributed by atoms with Gasteiger partial charge in [0.05, 0.1) is 0 Å². The molecule has 0 bridgehead atoms. The summed E-state index contributed by atoms with van der Waals surface area (Å²) in [7, 11) is 0. The van der Waals surface area contributed by atoms with E-state index in [2.05, 4.69) is 17.6 Å². The van der Waals surface area contributed by atoms with Crippen LogP contribution in [-0.2, 0) is 11.2 Å². The van der Waals surface area contributed by atoms with Crippen molar-refractivity contribution in [3.8, 4) is 0 Å². The molecule has 0 saturated heterocycles. The number of pyridine rings is 1. The summed E-state index contributed by atoms with van der Waals surface area (Å²) < 4.78 is 0. The van der Waals surface area contributed by atoms with Crippen LogP contribution in [0.25, 0.3) is 0 Å². The molecule has 0 saturated carbocycles. The molecule has 0 atom stereocenters. The predicted molar refractivity (Wildman–Crippen MR) is 46.6 cm³/mol. The monoisotopic (exact) mass is 167 g/mol. The fourth-order valence-electron chi connectivity index (χ4n) is 0.797. The normalized spacial score (nSPS) is 9.55. The second-order valence-electron chi connectivity index (χ2n) is 2.26. The van der Waals surface area contributed by atoms with Crippen molar-refractivity contribution < 1.29 is 4.79 Å². The molecule has 0 fully saturated rings. The lowest BCUT2D eigenvalue weighted by atomic mass is 10.2. The van der Waals surface area contributed by atoms with Crippen LogP contribution in [0.15, 0.2) is 24.5 Å². The van der Waals surface area contributed by atoms with Gasteiger partial charge in [0.1, 0.15) is 0 Å². The minimum atomic E-state index is -0.0751. The molecule has 0 aliphatic rings. The first-order valence-electron chi connectivity index (χ1n) is 3.40. The van der Waals surface area contributed by atoms with Crippen LogP contribution in [0.1, 0.15) is 12.0 Å². The maximum Gasteiger partial charge on any atom is 0.186 e. The Kier molecular flexibility index (Phi) is 3.11. The highest BCUT2D eigenvalue weighted by Crippen LogP contribution is 2.01. The highest BCUT2D eigenvalue weighted by Gasteiger charge is 1.95. The van der Waals surface area contributed by atoms with Crippen molar-refractivity contribution in [2.45, 2.75) is 12.8 Å². The summed E-state index contributed by atoms with van der Waals surface area (Å²) in [6, 6.07) is 3.81. The molecule has 0 aliphatic heterocycles. The zero-order valence-corrected chi connectivity index (χ0v) is 6.92. The molecule has 1 aromatic heterocycles. The summed E-state index contributed by atoms with van der Waals surface area (Å²) in [6.45, 7) is 0. The Morgan fingerprint density at radius 3 is 3.00 bits per heavy atom. The van der Waals surface area contributed by atoms with Gasteiger partial charge in [-0.25, -0.2) is 0 Å². The van der Waals surface area contributed by atoms with Crippen LogP contribution >= 0.6 is 12.6 Å². The van der Waals surface area contributed by atoms with E-state index in [9.17, 15) is 4.79 Å². The second-order valence-corrected chi connectivity index (χ2v) is 2.75. The molecular formula is C8H9NOS. The summed E-state index contributed by atoms with van der Waals surface area (Å²) in [4.78, 5) is 14.4. The molecule has 1 aromatic rings. The maximum atomic E-state index is 10.5. The molecule has 58 valence electrons. The molecule has 1 rings (SSSR count). The van der Waals surface area contributed by atoms with Crippen LogP contribution in [0.5, 0.6) is 0 Å². The quantitative estimate of drug-likeness (QED) is 0.691. The third-order valence-corrected chi connectivity index (χ3v) is 1.57. The molecule has 11 heavy (non-hydrogen) atoms. The number of hydrogen-bond donors (Lipinski definition) is 1. The Labute approximate surface area is 71.1 Å². The molecule has 0 spiro atoms. The molecule has 0 radical (unpaired) electrons. The summed E-state index contributed by atoms with van der Waals surface area (Å²) in [5.41, 5.74) is 1.08. The van der Waals surface area contributed by atoms with Gasteiger partial charge in [-0.1, -0.05) is 6.07 Å². The van der Waals surface area contributed by atoms with Gasteiger partial charge >= 0.3 is 0 Å². The number of nitrogens with zero attached hydrogens (tertiary/aromatic N) is 1. The fraction of sp³-hybridized carbons (Fsp3) is 0.250. The Hall–Kier alpha value is -0.830. The molecule has 0 unspecified atom stereocenters. The molecule has 0 N–H and O–H groups in total. The van der Waals surface area contributed by atoms with E-state index >= 15 is 0 Å². The molecule has 0 amide bonds. The Morgan fingerprint density at radius 1 is 1.64 bits per heavy atom. The van der Waals surface area contributed by atoms with Crippen molar-refractivity contribution in [2.75, 3.05) is 0 Å². The first kappa shape index (κ1) is 8.27. The van der Waals surface area contributed by atoms with Crippen molar-refractivity contribution >= 4 is 17.7 Å². The number of aromatic nitrogens is 1. The van der Waals surface area contributed by atoms with Crippen LogP contribution in [0.4, 0.5) is 0 Å². The van der Waals surface area contributed by atoms with Crippen LogP contribution in [0, 0.1) is 0 Å². The SMILES string of the molecule is O=C(S)CCc1cccnc1. The van der Waals surface area contributed by atoms with Crippen molar-refractivity contribution in [2.24, 2.45) is 0 Å². The minimum Gasteiger partial charge on any atom is -0.287 e. The van der Waals surface area contributed by atoms with E-state index in [4.69, 9.17) is 0 Å². The molecular weight excluding hydrogens is 158 g/mol. The topological polar surface area (TPSA) is 30.0 Å². The van der Waals surface area contributed by atoms with Crippen molar-refractivity contribution in [1.29, 1.82) is 0 Å². The first-order chi connectivity index (χ1) is 5.29.